The van der Waals surface area contributed by atoms with Gasteiger partial charge in [-0.05, 0) is 36.8 Å². The first-order valence-corrected chi connectivity index (χ1v) is 10.5. The fourth-order valence-corrected chi connectivity index (χ4v) is 4.04. The summed E-state index contributed by atoms with van der Waals surface area (Å²) in [7, 11) is 0. The Balaban J connectivity index is 1.33. The number of nitrogens with one attached hydrogen (secondary N) is 1. The van der Waals surface area contributed by atoms with Crippen molar-refractivity contribution in [1.29, 1.82) is 0 Å². The summed E-state index contributed by atoms with van der Waals surface area (Å²) in [6.07, 6.45) is 1.31. The lowest BCUT2D eigenvalue weighted by Gasteiger charge is -2.43. The number of hydrogen-bond donors (Lipinski definition) is 1. The van der Waals surface area contributed by atoms with Gasteiger partial charge < -0.3 is 15.0 Å². The zero-order valence-corrected chi connectivity index (χ0v) is 17.6. The zero-order chi connectivity index (χ0) is 22.2. The van der Waals surface area contributed by atoms with Crippen LogP contribution in [0.4, 0.5) is 30.5 Å². The molecule has 2 aromatic carbocycles. The van der Waals surface area contributed by atoms with E-state index in [4.69, 9.17) is 4.74 Å². The second-order valence-electron chi connectivity index (χ2n) is 8.10. The van der Waals surface area contributed by atoms with E-state index in [-0.39, 0.29) is 17.3 Å². The van der Waals surface area contributed by atoms with Gasteiger partial charge in [0.1, 0.15) is 23.8 Å². The Labute approximate surface area is 183 Å². The number of halogens is 3. The van der Waals surface area contributed by atoms with Crippen LogP contribution in [0.25, 0.3) is 5.69 Å². The van der Waals surface area contributed by atoms with Crippen LogP contribution in [0.5, 0.6) is 0 Å². The van der Waals surface area contributed by atoms with E-state index in [0.29, 0.717) is 11.6 Å². The number of rotatable bonds is 5. The molecule has 0 bridgehead atoms. The second kappa shape index (κ2) is 8.44. The van der Waals surface area contributed by atoms with E-state index in [1.54, 1.807) is 13.0 Å². The van der Waals surface area contributed by atoms with Gasteiger partial charge in [-0.15, -0.1) is 5.10 Å². The monoisotopic (exact) mass is 444 g/mol. The largest absolute Gasteiger partial charge is 0.378 e. The van der Waals surface area contributed by atoms with Gasteiger partial charge in [-0.25, -0.2) is 17.9 Å². The van der Waals surface area contributed by atoms with Crippen molar-refractivity contribution in [1.82, 2.24) is 19.7 Å². The topological polar surface area (TPSA) is 58.5 Å². The molecule has 5 rings (SSSR count). The molecular formula is C22H23F3N6O. The van der Waals surface area contributed by atoms with Gasteiger partial charge in [0.05, 0.1) is 30.6 Å². The van der Waals surface area contributed by atoms with Gasteiger partial charge in [-0.2, -0.15) is 4.98 Å². The van der Waals surface area contributed by atoms with Gasteiger partial charge in [-0.3, -0.25) is 4.90 Å². The van der Waals surface area contributed by atoms with E-state index in [9.17, 15) is 13.2 Å². The molecule has 2 aliphatic rings. The molecule has 1 N–H and O–H groups in total. The SMILES string of the molecule is Cc1cc(N2CCN(C3COC3)CC2)cc(Nc2ncn(-c3cc(F)cc(F)c3)n2)c1F. The summed E-state index contributed by atoms with van der Waals surface area (Å²) in [5.74, 6) is -1.71. The maximum atomic E-state index is 14.8. The second-order valence-corrected chi connectivity index (χ2v) is 8.10. The Morgan fingerprint density at radius 1 is 0.938 bits per heavy atom. The average Bonchev–Trinajstić information content (AvgIpc) is 3.18. The fraction of sp³-hybridized carbons (Fsp3) is 0.364. The minimum absolute atomic E-state index is 0.125. The van der Waals surface area contributed by atoms with E-state index < -0.39 is 17.5 Å². The highest BCUT2D eigenvalue weighted by molar-refractivity contribution is 5.65. The van der Waals surface area contributed by atoms with E-state index in [1.165, 1.54) is 11.0 Å². The van der Waals surface area contributed by atoms with Crippen LogP contribution in [0.15, 0.2) is 36.7 Å². The highest BCUT2D eigenvalue weighted by Gasteiger charge is 2.29. The number of nitrogens with zero attached hydrogens (tertiary/aromatic N) is 5. The molecular weight excluding hydrogens is 421 g/mol. The lowest BCUT2D eigenvalue weighted by Crippen LogP contribution is -2.56. The summed E-state index contributed by atoms with van der Waals surface area (Å²) in [6.45, 7) is 6.87. The Kier molecular flexibility index (Phi) is 5.48. The van der Waals surface area contributed by atoms with E-state index >= 15 is 0 Å². The lowest BCUT2D eigenvalue weighted by molar-refractivity contribution is -0.0660. The third-order valence-electron chi connectivity index (χ3n) is 5.91. The van der Waals surface area contributed by atoms with Gasteiger partial charge >= 0.3 is 0 Å². The maximum Gasteiger partial charge on any atom is 0.247 e. The number of piperazine rings is 1. The Morgan fingerprint density at radius 3 is 2.31 bits per heavy atom. The van der Waals surface area contributed by atoms with E-state index in [2.05, 4.69) is 25.2 Å². The normalized spacial score (nSPS) is 17.4. The van der Waals surface area contributed by atoms with Gasteiger partial charge in [0.2, 0.25) is 5.95 Å². The van der Waals surface area contributed by atoms with Crippen LogP contribution in [0, 0.1) is 24.4 Å². The van der Waals surface area contributed by atoms with Crippen LogP contribution >= 0.6 is 0 Å². The van der Waals surface area contributed by atoms with Crippen LogP contribution in [0.1, 0.15) is 5.56 Å². The number of hydrogen-bond acceptors (Lipinski definition) is 6. The summed E-state index contributed by atoms with van der Waals surface area (Å²) in [4.78, 5) is 8.77. The maximum absolute atomic E-state index is 14.8. The van der Waals surface area contributed by atoms with Gasteiger partial charge in [0, 0.05) is 37.9 Å². The molecule has 0 spiro atoms. The highest BCUT2D eigenvalue weighted by Crippen LogP contribution is 2.29. The van der Waals surface area contributed by atoms with Crippen molar-refractivity contribution in [2.45, 2.75) is 13.0 Å². The first-order chi connectivity index (χ1) is 15.5. The number of ether oxygens (including phenoxy) is 1. The summed E-state index contributed by atoms with van der Waals surface area (Å²) in [5, 5.41) is 7.08. The summed E-state index contributed by atoms with van der Waals surface area (Å²) in [5.41, 5.74) is 1.86. The van der Waals surface area contributed by atoms with Crippen molar-refractivity contribution >= 4 is 17.3 Å². The average molecular weight is 444 g/mol. The Bertz CT molecular complexity index is 1100. The van der Waals surface area contributed by atoms with Gasteiger partial charge in [0.25, 0.3) is 0 Å². The molecule has 0 aliphatic carbocycles. The summed E-state index contributed by atoms with van der Waals surface area (Å²) < 4.78 is 48.3. The van der Waals surface area contributed by atoms with E-state index in [1.807, 2.05) is 6.07 Å². The molecule has 32 heavy (non-hydrogen) atoms. The molecule has 3 aromatic rings. The third-order valence-corrected chi connectivity index (χ3v) is 5.91. The van der Waals surface area contributed by atoms with Crippen LogP contribution in [0.2, 0.25) is 0 Å². The highest BCUT2D eigenvalue weighted by atomic mass is 19.1. The number of benzene rings is 2. The molecule has 0 amide bonds. The standard InChI is InChI=1S/C22H23F3N6O/c1-14-6-17(29-2-4-30(5-3-29)19-11-32-12-19)10-20(21(14)25)27-22-26-13-31(28-22)18-8-15(23)7-16(24)9-18/h6-10,13,19H,2-5,11-12H2,1H3,(H,27,28). The zero-order valence-electron chi connectivity index (χ0n) is 17.6. The summed E-state index contributed by atoms with van der Waals surface area (Å²) in [6, 6.07) is 7.15. The van der Waals surface area contributed by atoms with Crippen molar-refractivity contribution < 1.29 is 17.9 Å². The molecule has 2 aliphatic heterocycles. The van der Waals surface area contributed by atoms with Crippen LogP contribution in [-0.4, -0.2) is 65.1 Å². The number of anilines is 3. The smallest absolute Gasteiger partial charge is 0.247 e. The van der Waals surface area contributed by atoms with Crippen molar-refractivity contribution in [2.24, 2.45) is 0 Å². The molecule has 2 saturated heterocycles. The van der Waals surface area contributed by atoms with Crippen molar-refractivity contribution in [3.63, 3.8) is 0 Å². The minimum atomic E-state index is -0.718. The quantitative estimate of drug-likeness (QED) is 0.652. The molecule has 10 heteroatoms. The van der Waals surface area contributed by atoms with Crippen molar-refractivity contribution in [3.05, 3.63) is 59.7 Å². The fourth-order valence-electron chi connectivity index (χ4n) is 4.04. The predicted octanol–water partition coefficient (Wildman–Crippen LogP) is 3.26. The molecule has 0 unspecified atom stereocenters. The molecule has 0 saturated carbocycles. The molecule has 0 atom stereocenters. The van der Waals surface area contributed by atoms with Crippen molar-refractivity contribution in [3.8, 4) is 5.69 Å². The number of aromatic nitrogens is 3. The van der Waals surface area contributed by atoms with Gasteiger partial charge in [0.15, 0.2) is 0 Å². The van der Waals surface area contributed by atoms with Gasteiger partial charge in [-0.1, -0.05) is 0 Å². The predicted molar refractivity (Wildman–Crippen MR) is 114 cm³/mol. The van der Waals surface area contributed by atoms with E-state index in [0.717, 1.165) is 63.3 Å². The number of aryl methyl sites for hydroxylation is 1. The van der Waals surface area contributed by atoms with Crippen LogP contribution in [0.3, 0.4) is 0 Å². The molecule has 168 valence electrons. The molecule has 0 radical (unpaired) electrons. The first kappa shape index (κ1) is 20.8. The molecule has 7 nitrogen and oxygen atoms in total. The first-order valence-electron chi connectivity index (χ1n) is 10.5. The third kappa shape index (κ3) is 4.15. The van der Waals surface area contributed by atoms with Crippen LogP contribution < -0.4 is 10.2 Å². The van der Waals surface area contributed by atoms with Crippen LogP contribution in [-0.2, 0) is 4.74 Å². The molecule has 1 aromatic heterocycles. The Hall–Kier alpha value is -3.11. The lowest BCUT2D eigenvalue weighted by atomic mass is 10.1. The Morgan fingerprint density at radius 2 is 1.66 bits per heavy atom. The molecule has 2 fully saturated rings. The summed E-state index contributed by atoms with van der Waals surface area (Å²) >= 11 is 0. The minimum Gasteiger partial charge on any atom is -0.378 e. The van der Waals surface area contributed by atoms with Crippen molar-refractivity contribution in [2.75, 3.05) is 49.6 Å². The molecule has 3 heterocycles.